The molecule has 0 radical (unpaired) electrons. The second-order valence-corrected chi connectivity index (χ2v) is 4.84. The largest absolute Gasteiger partial charge is 0.375 e. The summed E-state index contributed by atoms with van der Waals surface area (Å²) in [5.41, 5.74) is 0.809. The fourth-order valence-electron chi connectivity index (χ4n) is 2.58. The van der Waals surface area contributed by atoms with E-state index in [4.69, 9.17) is 4.74 Å². The summed E-state index contributed by atoms with van der Waals surface area (Å²) < 4.78 is 5.69. The van der Waals surface area contributed by atoms with Crippen molar-refractivity contribution in [1.82, 2.24) is 4.98 Å². The number of carbonyl (C=O) groups excluding carboxylic acids is 1. The molecule has 0 unspecified atom stereocenters. The number of anilines is 1. The molecule has 90 valence electrons. The van der Waals surface area contributed by atoms with Gasteiger partial charge in [-0.05, 0) is 31.4 Å². The first-order valence-electron chi connectivity index (χ1n) is 6.12. The highest BCUT2D eigenvalue weighted by molar-refractivity contribution is 5.74. The maximum Gasteiger partial charge on any atom is 0.151 e. The van der Waals surface area contributed by atoms with Gasteiger partial charge in [-0.3, -0.25) is 4.79 Å². The normalized spacial score (nSPS) is 22.2. The average molecular weight is 232 g/mol. The Labute approximate surface area is 101 Å². The number of ether oxygens (including phenoxy) is 1. The molecule has 3 rings (SSSR count). The lowest BCUT2D eigenvalue weighted by molar-refractivity contribution is -0.158. The molecule has 2 aliphatic heterocycles. The number of hydrogen-bond donors (Lipinski definition) is 0. The zero-order valence-corrected chi connectivity index (χ0v) is 9.76. The lowest BCUT2D eigenvalue weighted by Gasteiger charge is -2.47. The summed E-state index contributed by atoms with van der Waals surface area (Å²) in [5.74, 6) is 0.963. The van der Waals surface area contributed by atoms with E-state index in [2.05, 4.69) is 9.88 Å². The highest BCUT2D eigenvalue weighted by Gasteiger charge is 2.41. The highest BCUT2D eigenvalue weighted by Crippen LogP contribution is 2.37. The molecule has 0 saturated carbocycles. The van der Waals surface area contributed by atoms with Gasteiger partial charge in [0.1, 0.15) is 5.82 Å². The van der Waals surface area contributed by atoms with Crippen LogP contribution in [0.2, 0.25) is 0 Å². The predicted molar refractivity (Wildman–Crippen MR) is 64.4 cm³/mol. The first kappa shape index (κ1) is 10.7. The second-order valence-electron chi connectivity index (χ2n) is 4.84. The van der Waals surface area contributed by atoms with E-state index in [1.165, 1.54) is 6.42 Å². The van der Waals surface area contributed by atoms with E-state index in [0.717, 1.165) is 44.6 Å². The van der Waals surface area contributed by atoms with E-state index in [9.17, 15) is 4.79 Å². The minimum Gasteiger partial charge on any atom is -0.375 e. The Bertz CT molecular complexity index is 402. The lowest BCUT2D eigenvalue weighted by atomic mass is 9.84. The molecule has 4 nitrogen and oxygen atoms in total. The van der Waals surface area contributed by atoms with Crippen LogP contribution in [-0.2, 0) is 4.74 Å². The van der Waals surface area contributed by atoms with Crippen LogP contribution in [0.25, 0.3) is 0 Å². The molecule has 0 atom stereocenters. The minimum absolute atomic E-state index is 0.180. The molecule has 2 saturated heterocycles. The van der Waals surface area contributed by atoms with E-state index in [1.807, 2.05) is 12.1 Å². The van der Waals surface area contributed by atoms with Gasteiger partial charge < -0.3 is 9.64 Å². The van der Waals surface area contributed by atoms with Crippen molar-refractivity contribution in [1.29, 1.82) is 0 Å². The van der Waals surface area contributed by atoms with Crippen molar-refractivity contribution in [2.24, 2.45) is 0 Å². The van der Waals surface area contributed by atoms with Crippen LogP contribution >= 0.6 is 0 Å². The van der Waals surface area contributed by atoms with Crippen molar-refractivity contribution in [2.75, 3.05) is 24.6 Å². The smallest absolute Gasteiger partial charge is 0.151 e. The first-order chi connectivity index (χ1) is 8.31. The van der Waals surface area contributed by atoms with Crippen LogP contribution in [0.4, 0.5) is 5.82 Å². The third kappa shape index (κ3) is 1.93. The summed E-state index contributed by atoms with van der Waals surface area (Å²) in [7, 11) is 0. The minimum atomic E-state index is 0.180. The van der Waals surface area contributed by atoms with Crippen molar-refractivity contribution in [3.8, 4) is 0 Å². The summed E-state index contributed by atoms with van der Waals surface area (Å²) in [6.07, 6.45) is 5.84. The van der Waals surface area contributed by atoms with Crippen LogP contribution in [0.15, 0.2) is 18.3 Å². The topological polar surface area (TPSA) is 42.4 Å². The van der Waals surface area contributed by atoms with Gasteiger partial charge in [0.05, 0.1) is 12.2 Å². The predicted octanol–water partition coefficient (Wildman–Crippen LogP) is 1.65. The van der Waals surface area contributed by atoms with E-state index >= 15 is 0 Å². The van der Waals surface area contributed by atoms with Crippen LogP contribution < -0.4 is 4.90 Å². The van der Waals surface area contributed by atoms with Gasteiger partial charge in [-0.25, -0.2) is 4.98 Å². The van der Waals surface area contributed by atoms with Crippen molar-refractivity contribution < 1.29 is 9.53 Å². The van der Waals surface area contributed by atoms with Crippen LogP contribution in [0.3, 0.4) is 0 Å². The van der Waals surface area contributed by atoms with Gasteiger partial charge in [0.2, 0.25) is 0 Å². The van der Waals surface area contributed by atoms with Crippen molar-refractivity contribution in [2.45, 2.75) is 24.9 Å². The molecule has 0 amide bonds. The number of nitrogens with zero attached hydrogens (tertiary/aromatic N) is 2. The number of carbonyl (C=O) groups is 1. The maximum atomic E-state index is 10.6. The highest BCUT2D eigenvalue weighted by atomic mass is 16.5. The van der Waals surface area contributed by atoms with E-state index in [1.54, 1.807) is 6.20 Å². The zero-order valence-electron chi connectivity index (χ0n) is 9.76. The third-order valence-electron chi connectivity index (χ3n) is 3.87. The third-order valence-corrected chi connectivity index (χ3v) is 3.87. The standard InChI is InChI=1S/C13H16N2O2/c16-10-11-1-2-12(14-9-11)15-6-3-13(4-7-15)5-8-17-13/h1-2,9-10H,3-8H2. The number of rotatable bonds is 2. The van der Waals surface area contributed by atoms with E-state index < -0.39 is 0 Å². The second kappa shape index (κ2) is 4.11. The number of pyridine rings is 1. The number of piperidine rings is 1. The molecular weight excluding hydrogens is 216 g/mol. The van der Waals surface area contributed by atoms with Crippen LogP contribution in [0.5, 0.6) is 0 Å². The first-order valence-corrected chi connectivity index (χ1v) is 6.12. The quantitative estimate of drug-likeness (QED) is 0.727. The molecular formula is C13H16N2O2. The van der Waals surface area contributed by atoms with Crippen molar-refractivity contribution >= 4 is 12.1 Å². The summed E-state index contributed by atoms with van der Waals surface area (Å²) in [6, 6.07) is 3.74. The molecule has 0 aromatic carbocycles. The Morgan fingerprint density at radius 3 is 2.53 bits per heavy atom. The Kier molecular flexibility index (Phi) is 2.59. The molecule has 1 spiro atoms. The lowest BCUT2D eigenvalue weighted by Crippen LogP contribution is -2.52. The molecule has 0 bridgehead atoms. The van der Waals surface area contributed by atoms with Crippen molar-refractivity contribution in [3.05, 3.63) is 23.9 Å². The maximum absolute atomic E-state index is 10.6. The molecule has 1 aromatic heterocycles. The molecule has 1 aromatic rings. The Hall–Kier alpha value is -1.42. The van der Waals surface area contributed by atoms with Gasteiger partial charge in [0.15, 0.2) is 6.29 Å². The van der Waals surface area contributed by atoms with Crippen LogP contribution in [-0.4, -0.2) is 36.6 Å². The number of hydrogen-bond acceptors (Lipinski definition) is 4. The van der Waals surface area contributed by atoms with Gasteiger partial charge in [-0.1, -0.05) is 0 Å². The van der Waals surface area contributed by atoms with Gasteiger partial charge in [-0.2, -0.15) is 0 Å². The summed E-state index contributed by atoms with van der Waals surface area (Å²) in [4.78, 5) is 17.1. The molecule has 0 aliphatic carbocycles. The summed E-state index contributed by atoms with van der Waals surface area (Å²) in [5, 5.41) is 0. The zero-order chi connectivity index (χ0) is 11.7. The Balaban J connectivity index is 1.66. The molecule has 0 N–H and O–H groups in total. The van der Waals surface area contributed by atoms with Crippen LogP contribution in [0.1, 0.15) is 29.6 Å². The van der Waals surface area contributed by atoms with Crippen molar-refractivity contribution in [3.63, 3.8) is 0 Å². The molecule has 17 heavy (non-hydrogen) atoms. The Morgan fingerprint density at radius 2 is 2.06 bits per heavy atom. The SMILES string of the molecule is O=Cc1ccc(N2CCC3(CCO3)CC2)nc1. The van der Waals surface area contributed by atoms with Gasteiger partial charge in [-0.15, -0.1) is 0 Å². The van der Waals surface area contributed by atoms with Crippen LogP contribution in [0, 0.1) is 0 Å². The van der Waals surface area contributed by atoms with Gasteiger partial charge in [0, 0.05) is 24.8 Å². The van der Waals surface area contributed by atoms with Gasteiger partial charge in [0.25, 0.3) is 0 Å². The monoisotopic (exact) mass is 232 g/mol. The fraction of sp³-hybridized carbons (Fsp3) is 0.538. The van der Waals surface area contributed by atoms with E-state index in [-0.39, 0.29) is 5.60 Å². The fourth-order valence-corrected chi connectivity index (χ4v) is 2.58. The molecule has 2 fully saturated rings. The van der Waals surface area contributed by atoms with E-state index in [0.29, 0.717) is 5.56 Å². The molecule has 4 heteroatoms. The molecule has 3 heterocycles. The average Bonchev–Trinajstić information content (AvgIpc) is 2.37. The van der Waals surface area contributed by atoms with Gasteiger partial charge >= 0.3 is 0 Å². The Morgan fingerprint density at radius 1 is 1.29 bits per heavy atom. The molecule has 2 aliphatic rings. The number of aromatic nitrogens is 1. The summed E-state index contributed by atoms with van der Waals surface area (Å²) >= 11 is 0. The number of aldehydes is 1. The summed E-state index contributed by atoms with van der Waals surface area (Å²) in [6.45, 7) is 2.91.